The molecule has 0 spiro atoms. The lowest BCUT2D eigenvalue weighted by Gasteiger charge is -2.38. The first-order chi connectivity index (χ1) is 12.6. The summed E-state index contributed by atoms with van der Waals surface area (Å²) in [6, 6.07) is 10.2. The molecule has 8 heteroatoms. The highest BCUT2D eigenvalue weighted by molar-refractivity contribution is 7.91. The van der Waals surface area contributed by atoms with Crippen LogP contribution in [0.5, 0.6) is 0 Å². The van der Waals surface area contributed by atoms with Gasteiger partial charge in [-0.3, -0.25) is 0 Å². The minimum atomic E-state index is -2.99. The van der Waals surface area contributed by atoms with E-state index in [4.69, 9.17) is 4.98 Å². The minimum Gasteiger partial charge on any atom is -0.350 e. The lowest BCUT2D eigenvalue weighted by atomic mass is 10.1. The number of sulfone groups is 1. The van der Waals surface area contributed by atoms with E-state index in [-0.39, 0.29) is 23.6 Å². The number of aromatic nitrogens is 2. The van der Waals surface area contributed by atoms with Crippen LogP contribution in [0.3, 0.4) is 0 Å². The van der Waals surface area contributed by atoms with Gasteiger partial charge < -0.3 is 15.1 Å². The minimum absolute atomic E-state index is 0.0109. The van der Waals surface area contributed by atoms with Gasteiger partial charge in [0.05, 0.1) is 17.5 Å². The third-order valence-electron chi connectivity index (χ3n) is 5.53. The molecule has 3 aliphatic heterocycles. The molecule has 1 aromatic carbocycles. The zero-order chi connectivity index (χ0) is 17.7. The van der Waals surface area contributed by atoms with Crippen molar-refractivity contribution in [3.05, 3.63) is 47.7 Å². The molecule has 2 saturated heterocycles. The van der Waals surface area contributed by atoms with Gasteiger partial charge in [-0.15, -0.1) is 0 Å². The number of anilines is 2. The first kappa shape index (κ1) is 16.0. The van der Waals surface area contributed by atoms with Gasteiger partial charge >= 0.3 is 0 Å². The molecule has 0 saturated carbocycles. The van der Waals surface area contributed by atoms with E-state index in [0.29, 0.717) is 5.95 Å². The van der Waals surface area contributed by atoms with Crippen LogP contribution in [0.15, 0.2) is 36.5 Å². The fourth-order valence-corrected chi connectivity index (χ4v) is 6.23. The zero-order valence-electron chi connectivity index (χ0n) is 14.4. The van der Waals surface area contributed by atoms with Crippen LogP contribution in [0.2, 0.25) is 0 Å². The Labute approximate surface area is 153 Å². The van der Waals surface area contributed by atoms with E-state index in [1.807, 2.05) is 6.07 Å². The fraction of sp³-hybridized carbons (Fsp3) is 0.444. The summed E-state index contributed by atoms with van der Waals surface area (Å²) in [6.45, 7) is 3.14. The van der Waals surface area contributed by atoms with Gasteiger partial charge in [-0.2, -0.15) is 4.98 Å². The lowest BCUT2D eigenvalue weighted by Crippen LogP contribution is -2.57. The van der Waals surface area contributed by atoms with Crippen molar-refractivity contribution in [1.29, 1.82) is 0 Å². The SMILES string of the molecule is O=S1(=O)CC2NCCN(c3ccnc(N4Cc5ccccc5C4)n3)C2C1. The van der Waals surface area contributed by atoms with E-state index >= 15 is 0 Å². The molecule has 0 radical (unpaired) electrons. The molecule has 26 heavy (non-hydrogen) atoms. The topological polar surface area (TPSA) is 78.4 Å². The Balaban J connectivity index is 1.42. The number of fused-ring (bicyclic) bond motifs is 2. The van der Waals surface area contributed by atoms with Gasteiger partial charge in [-0.1, -0.05) is 24.3 Å². The molecule has 0 aliphatic carbocycles. The van der Waals surface area contributed by atoms with Crippen molar-refractivity contribution in [1.82, 2.24) is 15.3 Å². The third kappa shape index (κ3) is 2.73. The lowest BCUT2D eigenvalue weighted by molar-refractivity contribution is 0.422. The second-order valence-corrected chi connectivity index (χ2v) is 9.39. The molecular weight excluding hydrogens is 350 g/mol. The van der Waals surface area contributed by atoms with Gasteiger partial charge in [0, 0.05) is 38.4 Å². The Morgan fingerprint density at radius 1 is 1.08 bits per heavy atom. The average Bonchev–Trinajstić information content (AvgIpc) is 3.20. The summed E-state index contributed by atoms with van der Waals surface area (Å²) in [5, 5.41) is 3.34. The highest BCUT2D eigenvalue weighted by Gasteiger charge is 2.43. The molecule has 136 valence electrons. The molecule has 2 atom stereocenters. The molecule has 0 amide bonds. The quantitative estimate of drug-likeness (QED) is 0.827. The Morgan fingerprint density at radius 2 is 1.85 bits per heavy atom. The first-order valence-corrected chi connectivity index (χ1v) is 10.8. The zero-order valence-corrected chi connectivity index (χ0v) is 15.2. The molecule has 2 unspecified atom stereocenters. The largest absolute Gasteiger partial charge is 0.350 e. The Morgan fingerprint density at radius 3 is 2.62 bits per heavy atom. The van der Waals surface area contributed by atoms with Gasteiger partial charge in [0.25, 0.3) is 0 Å². The van der Waals surface area contributed by atoms with Crippen LogP contribution in [-0.2, 0) is 22.9 Å². The number of nitrogens with one attached hydrogen (secondary N) is 1. The summed E-state index contributed by atoms with van der Waals surface area (Å²) >= 11 is 0. The molecule has 0 bridgehead atoms. The monoisotopic (exact) mass is 371 g/mol. The van der Waals surface area contributed by atoms with Crippen molar-refractivity contribution in [3.8, 4) is 0 Å². The molecule has 7 nitrogen and oxygen atoms in total. The van der Waals surface area contributed by atoms with Crippen LogP contribution in [0.4, 0.5) is 11.8 Å². The van der Waals surface area contributed by atoms with Crippen LogP contribution >= 0.6 is 0 Å². The van der Waals surface area contributed by atoms with E-state index < -0.39 is 9.84 Å². The van der Waals surface area contributed by atoms with Crippen molar-refractivity contribution in [2.75, 3.05) is 34.4 Å². The number of rotatable bonds is 2. The first-order valence-electron chi connectivity index (χ1n) is 8.94. The molecule has 1 aromatic heterocycles. The van der Waals surface area contributed by atoms with Gasteiger partial charge in [0.15, 0.2) is 9.84 Å². The highest BCUT2D eigenvalue weighted by atomic mass is 32.2. The summed E-state index contributed by atoms with van der Waals surface area (Å²) in [6.07, 6.45) is 1.78. The molecule has 4 heterocycles. The van der Waals surface area contributed by atoms with E-state index in [0.717, 1.165) is 32.0 Å². The maximum atomic E-state index is 12.1. The Hall–Kier alpha value is -2.19. The summed E-state index contributed by atoms with van der Waals surface area (Å²) in [4.78, 5) is 13.6. The van der Waals surface area contributed by atoms with Crippen LogP contribution < -0.4 is 15.1 Å². The Kier molecular flexibility index (Phi) is 3.65. The highest BCUT2D eigenvalue weighted by Crippen LogP contribution is 2.29. The Bertz CT molecular complexity index is 923. The van der Waals surface area contributed by atoms with Gasteiger partial charge in [0.2, 0.25) is 5.95 Å². The predicted molar refractivity (Wildman–Crippen MR) is 99.9 cm³/mol. The molecule has 2 aromatic rings. The number of benzene rings is 1. The second-order valence-electron chi connectivity index (χ2n) is 7.24. The number of piperazine rings is 1. The van der Waals surface area contributed by atoms with Crippen molar-refractivity contribution >= 4 is 21.6 Å². The van der Waals surface area contributed by atoms with E-state index in [2.05, 4.69) is 44.4 Å². The molecule has 5 rings (SSSR count). The molecule has 2 fully saturated rings. The van der Waals surface area contributed by atoms with Crippen LogP contribution in [0.25, 0.3) is 0 Å². The fourth-order valence-electron chi connectivity index (χ4n) is 4.28. The van der Waals surface area contributed by atoms with Crippen LogP contribution in [-0.4, -0.2) is 55.1 Å². The average molecular weight is 371 g/mol. The summed E-state index contributed by atoms with van der Waals surface area (Å²) in [7, 11) is -2.99. The molecule has 3 aliphatic rings. The third-order valence-corrected chi connectivity index (χ3v) is 7.24. The van der Waals surface area contributed by atoms with Crippen LogP contribution in [0.1, 0.15) is 11.1 Å². The summed E-state index contributed by atoms with van der Waals surface area (Å²) in [5.74, 6) is 1.93. The maximum absolute atomic E-state index is 12.1. The van der Waals surface area contributed by atoms with Crippen molar-refractivity contribution < 1.29 is 8.42 Å². The smallest absolute Gasteiger partial charge is 0.227 e. The maximum Gasteiger partial charge on any atom is 0.227 e. The van der Waals surface area contributed by atoms with Gasteiger partial charge in [-0.25, -0.2) is 13.4 Å². The van der Waals surface area contributed by atoms with E-state index in [1.165, 1.54) is 11.1 Å². The van der Waals surface area contributed by atoms with Crippen molar-refractivity contribution in [2.24, 2.45) is 0 Å². The standard InChI is InChI=1S/C18H21N5O2S/c24-26(25)11-15-16(12-26)23(8-7-19-15)17-5-6-20-18(21-17)22-9-13-3-1-2-4-14(13)10-22/h1-6,15-16,19H,7-12H2. The normalized spacial score (nSPS) is 26.6. The second kappa shape index (κ2) is 5.92. The summed E-state index contributed by atoms with van der Waals surface area (Å²) < 4.78 is 24.1. The number of hydrogen-bond acceptors (Lipinski definition) is 7. The molecular formula is C18H21N5O2S. The van der Waals surface area contributed by atoms with Crippen molar-refractivity contribution in [2.45, 2.75) is 25.2 Å². The summed E-state index contributed by atoms with van der Waals surface area (Å²) in [5.41, 5.74) is 2.62. The van der Waals surface area contributed by atoms with Crippen molar-refractivity contribution in [3.63, 3.8) is 0 Å². The van der Waals surface area contributed by atoms with E-state index in [1.54, 1.807) is 6.20 Å². The van der Waals surface area contributed by atoms with Gasteiger partial charge in [0.1, 0.15) is 5.82 Å². The number of hydrogen-bond donors (Lipinski definition) is 1. The van der Waals surface area contributed by atoms with E-state index in [9.17, 15) is 8.42 Å². The van der Waals surface area contributed by atoms with Crippen LogP contribution in [0, 0.1) is 0 Å². The number of nitrogens with zero attached hydrogens (tertiary/aromatic N) is 4. The van der Waals surface area contributed by atoms with Gasteiger partial charge in [-0.05, 0) is 17.2 Å². The molecule has 1 N–H and O–H groups in total. The predicted octanol–water partition coefficient (Wildman–Crippen LogP) is 0.572.